The topological polar surface area (TPSA) is 107 Å². The standard InChI is InChI=1S/C22H18F5N5O2S/c1-11-5-6-12-15(30-11)3-2-4-16(12)31-19(13-7-8-14(23)18(33)17(13)24)21(34,22(25,26)27)9-35-20-28-10-29-32-20/h2-8,10,19,31,33-34H,9H2,1H3,(H,28,29,32). The average molecular weight is 511 g/mol. The van der Waals surface area contributed by atoms with E-state index >= 15 is 0 Å². The molecule has 0 radical (unpaired) electrons. The average Bonchev–Trinajstić information content (AvgIpc) is 3.33. The summed E-state index contributed by atoms with van der Waals surface area (Å²) < 4.78 is 72.0. The molecule has 13 heteroatoms. The Bertz CT molecular complexity index is 1350. The number of pyridine rings is 1. The molecule has 0 saturated carbocycles. The quantitative estimate of drug-likeness (QED) is 0.207. The Balaban J connectivity index is 1.88. The molecule has 4 N–H and O–H groups in total. The lowest BCUT2D eigenvalue weighted by Crippen LogP contribution is -2.55. The summed E-state index contributed by atoms with van der Waals surface area (Å²) in [5.74, 6) is -5.49. The van der Waals surface area contributed by atoms with Gasteiger partial charge in [0, 0.05) is 28.1 Å². The van der Waals surface area contributed by atoms with Gasteiger partial charge in [-0.2, -0.15) is 18.3 Å². The van der Waals surface area contributed by atoms with Crippen molar-refractivity contribution >= 4 is 28.4 Å². The fourth-order valence-electron chi connectivity index (χ4n) is 3.54. The first-order valence-corrected chi connectivity index (χ1v) is 11.1. The predicted octanol–water partition coefficient (Wildman–Crippen LogP) is 4.88. The zero-order valence-electron chi connectivity index (χ0n) is 17.9. The van der Waals surface area contributed by atoms with Crippen LogP contribution in [0.3, 0.4) is 0 Å². The van der Waals surface area contributed by atoms with Gasteiger partial charge in [-0.05, 0) is 37.3 Å². The molecular formula is C22H18F5N5O2S. The van der Waals surface area contributed by atoms with Crippen LogP contribution in [0.4, 0.5) is 27.6 Å². The third-order valence-electron chi connectivity index (χ3n) is 5.37. The summed E-state index contributed by atoms with van der Waals surface area (Å²) in [7, 11) is 0. The maximum atomic E-state index is 15.0. The second kappa shape index (κ2) is 9.30. The summed E-state index contributed by atoms with van der Waals surface area (Å²) in [6, 6.07) is 7.02. The summed E-state index contributed by atoms with van der Waals surface area (Å²) in [6.07, 6.45) is -4.22. The molecule has 0 aliphatic rings. The van der Waals surface area contributed by atoms with Gasteiger partial charge in [-0.3, -0.25) is 10.1 Å². The summed E-state index contributed by atoms with van der Waals surface area (Å²) in [6.45, 7) is 1.74. The molecule has 2 heterocycles. The molecule has 0 aliphatic carbocycles. The van der Waals surface area contributed by atoms with Crippen molar-refractivity contribution < 1.29 is 32.2 Å². The fraction of sp³-hybridized carbons (Fsp3) is 0.227. The van der Waals surface area contributed by atoms with E-state index in [-0.39, 0.29) is 10.8 Å². The second-order valence-corrected chi connectivity index (χ2v) is 8.67. The smallest absolute Gasteiger partial charge is 0.420 e. The molecule has 4 aromatic rings. The Morgan fingerprint density at radius 2 is 1.89 bits per heavy atom. The number of halogens is 5. The molecule has 35 heavy (non-hydrogen) atoms. The normalized spacial score (nSPS) is 14.6. The van der Waals surface area contributed by atoms with Crippen molar-refractivity contribution in [1.82, 2.24) is 20.2 Å². The van der Waals surface area contributed by atoms with Crippen LogP contribution in [0.1, 0.15) is 17.3 Å². The number of thioether (sulfide) groups is 1. The molecule has 2 unspecified atom stereocenters. The number of aliphatic hydroxyl groups is 1. The van der Waals surface area contributed by atoms with Gasteiger partial charge in [0.05, 0.1) is 11.6 Å². The van der Waals surface area contributed by atoms with Crippen molar-refractivity contribution in [3.63, 3.8) is 0 Å². The molecule has 0 spiro atoms. The van der Waals surface area contributed by atoms with E-state index in [0.717, 1.165) is 12.4 Å². The Kier molecular flexibility index (Phi) is 6.56. The molecule has 4 rings (SSSR count). The van der Waals surface area contributed by atoms with Gasteiger partial charge in [0.15, 0.2) is 28.1 Å². The van der Waals surface area contributed by atoms with Crippen molar-refractivity contribution in [2.45, 2.75) is 29.9 Å². The van der Waals surface area contributed by atoms with Gasteiger partial charge >= 0.3 is 6.18 Å². The number of hydrogen-bond acceptors (Lipinski definition) is 7. The van der Waals surface area contributed by atoms with E-state index in [4.69, 9.17) is 0 Å². The number of H-pyrrole nitrogens is 1. The monoisotopic (exact) mass is 511 g/mol. The van der Waals surface area contributed by atoms with E-state index in [0.29, 0.717) is 34.4 Å². The number of fused-ring (bicyclic) bond motifs is 1. The van der Waals surface area contributed by atoms with Gasteiger partial charge < -0.3 is 15.5 Å². The predicted molar refractivity (Wildman–Crippen MR) is 119 cm³/mol. The van der Waals surface area contributed by atoms with Crippen molar-refractivity contribution in [2.75, 3.05) is 11.1 Å². The molecule has 0 saturated heterocycles. The van der Waals surface area contributed by atoms with E-state index in [1.165, 1.54) is 12.1 Å². The van der Waals surface area contributed by atoms with E-state index < -0.39 is 46.5 Å². The van der Waals surface area contributed by atoms with Gasteiger partial charge in [-0.25, -0.2) is 13.8 Å². The Morgan fingerprint density at radius 1 is 1.11 bits per heavy atom. The summed E-state index contributed by atoms with van der Waals surface area (Å²) in [5.41, 5.74) is -3.19. The molecule has 2 aromatic carbocycles. The number of aromatic hydroxyl groups is 1. The highest BCUT2D eigenvalue weighted by Crippen LogP contribution is 2.46. The number of phenols is 1. The first-order valence-electron chi connectivity index (χ1n) is 10.1. The number of alkyl halides is 3. The molecular weight excluding hydrogens is 493 g/mol. The summed E-state index contributed by atoms with van der Waals surface area (Å²) >= 11 is 0.503. The number of nitrogens with one attached hydrogen (secondary N) is 2. The van der Waals surface area contributed by atoms with Crippen LogP contribution < -0.4 is 5.32 Å². The van der Waals surface area contributed by atoms with Gasteiger partial charge in [-0.15, -0.1) is 0 Å². The SMILES string of the molecule is Cc1ccc2c(NC(c3ccc(F)c(O)c3F)C(O)(CSc3ncn[nH]3)C(F)(F)F)cccc2n1. The highest BCUT2D eigenvalue weighted by atomic mass is 32.2. The molecule has 184 valence electrons. The van der Waals surface area contributed by atoms with Crippen LogP contribution >= 0.6 is 11.8 Å². The number of aryl methyl sites for hydroxylation is 1. The number of anilines is 1. The van der Waals surface area contributed by atoms with Crippen LogP contribution in [0, 0.1) is 18.6 Å². The molecule has 2 atom stereocenters. The number of phenolic OH excluding ortho intramolecular Hbond substituents is 1. The molecule has 0 fully saturated rings. The summed E-state index contributed by atoms with van der Waals surface area (Å²) in [4.78, 5) is 8.06. The number of hydrogen-bond donors (Lipinski definition) is 4. The zero-order valence-corrected chi connectivity index (χ0v) is 18.8. The molecule has 2 aromatic heterocycles. The van der Waals surface area contributed by atoms with E-state index in [1.807, 2.05) is 0 Å². The van der Waals surface area contributed by atoms with Crippen LogP contribution in [0.5, 0.6) is 5.75 Å². The van der Waals surface area contributed by atoms with Gasteiger partial charge in [-0.1, -0.05) is 23.9 Å². The zero-order chi connectivity index (χ0) is 25.4. The van der Waals surface area contributed by atoms with E-state index in [2.05, 4.69) is 25.5 Å². The molecule has 0 amide bonds. The first-order chi connectivity index (χ1) is 16.5. The van der Waals surface area contributed by atoms with Crippen molar-refractivity contribution in [3.05, 3.63) is 71.7 Å². The van der Waals surface area contributed by atoms with Gasteiger partial charge in [0.1, 0.15) is 6.33 Å². The first kappa shape index (κ1) is 24.7. The lowest BCUT2D eigenvalue weighted by molar-refractivity contribution is -0.256. The molecule has 0 aliphatic heterocycles. The van der Waals surface area contributed by atoms with Crippen LogP contribution in [-0.2, 0) is 0 Å². The van der Waals surface area contributed by atoms with Gasteiger partial charge in [0.25, 0.3) is 0 Å². The van der Waals surface area contributed by atoms with Crippen molar-refractivity contribution in [1.29, 1.82) is 0 Å². The van der Waals surface area contributed by atoms with Crippen molar-refractivity contribution in [2.24, 2.45) is 0 Å². The van der Waals surface area contributed by atoms with Crippen LogP contribution in [-0.4, -0.2) is 47.9 Å². The Morgan fingerprint density at radius 3 is 2.57 bits per heavy atom. The number of rotatable bonds is 7. The maximum Gasteiger partial charge on any atom is 0.420 e. The summed E-state index contributed by atoms with van der Waals surface area (Å²) in [5, 5.41) is 29.8. The highest BCUT2D eigenvalue weighted by molar-refractivity contribution is 7.99. The van der Waals surface area contributed by atoms with Gasteiger partial charge in [0.2, 0.25) is 0 Å². The van der Waals surface area contributed by atoms with E-state index in [1.54, 1.807) is 25.1 Å². The number of aromatic amines is 1. The third kappa shape index (κ3) is 4.73. The third-order valence-corrected chi connectivity index (χ3v) is 6.42. The Labute approximate surface area is 199 Å². The van der Waals surface area contributed by atoms with Crippen LogP contribution in [0.2, 0.25) is 0 Å². The minimum absolute atomic E-state index is 0.0151. The number of benzene rings is 2. The minimum atomic E-state index is -5.30. The maximum absolute atomic E-state index is 15.0. The van der Waals surface area contributed by atoms with E-state index in [9.17, 15) is 32.2 Å². The second-order valence-electron chi connectivity index (χ2n) is 7.70. The number of nitrogens with zero attached hydrogens (tertiary/aromatic N) is 3. The highest BCUT2D eigenvalue weighted by Gasteiger charge is 2.60. The lowest BCUT2D eigenvalue weighted by Gasteiger charge is -2.38. The minimum Gasteiger partial charge on any atom is -0.503 e. The number of aromatic nitrogens is 4. The van der Waals surface area contributed by atoms with Crippen molar-refractivity contribution in [3.8, 4) is 5.75 Å². The lowest BCUT2D eigenvalue weighted by atomic mass is 9.88. The largest absolute Gasteiger partial charge is 0.503 e. The molecule has 7 nitrogen and oxygen atoms in total. The Hall–Kier alpha value is -3.45. The molecule has 0 bridgehead atoms. The fourth-order valence-corrected chi connectivity index (χ4v) is 4.47. The van der Waals surface area contributed by atoms with Crippen LogP contribution in [0.15, 0.2) is 53.9 Å². The van der Waals surface area contributed by atoms with Crippen LogP contribution in [0.25, 0.3) is 10.9 Å².